The first-order valence-electron chi connectivity index (χ1n) is 4.57. The minimum absolute atomic E-state index is 0.159. The molecule has 0 radical (unpaired) electrons. The lowest BCUT2D eigenvalue weighted by Crippen LogP contribution is -2.06. The van der Waals surface area contributed by atoms with Crippen molar-refractivity contribution < 1.29 is 13.6 Å². The van der Waals surface area contributed by atoms with Crippen LogP contribution in [0.15, 0.2) is 30.6 Å². The van der Waals surface area contributed by atoms with E-state index < -0.39 is 23.0 Å². The van der Waals surface area contributed by atoms with Gasteiger partial charge < -0.3 is 0 Å². The normalized spacial score (nSPS) is 10.4. The van der Waals surface area contributed by atoms with Gasteiger partial charge in [0.05, 0.1) is 17.3 Å². The average Bonchev–Trinajstić information content (AvgIpc) is 2.64. The quantitative estimate of drug-likeness (QED) is 0.728. The van der Waals surface area contributed by atoms with Crippen LogP contribution in [0, 0.1) is 11.6 Å². The largest absolute Gasteiger partial charge is 0.288 e. The van der Waals surface area contributed by atoms with Crippen LogP contribution < -0.4 is 0 Å². The second kappa shape index (κ2) is 3.84. The molecule has 0 amide bonds. The summed E-state index contributed by atoms with van der Waals surface area (Å²) in [5.41, 5.74) is -0.387. The van der Waals surface area contributed by atoms with Crippen LogP contribution in [-0.2, 0) is 7.05 Å². The number of carbonyl (C=O) groups excluding carboxylic acids is 1. The molecule has 0 unspecified atom stereocenters. The number of aromatic nitrogens is 2. The van der Waals surface area contributed by atoms with Gasteiger partial charge in [-0.15, -0.1) is 0 Å². The van der Waals surface area contributed by atoms with Gasteiger partial charge in [-0.05, 0) is 12.1 Å². The van der Waals surface area contributed by atoms with Crippen LogP contribution in [0.4, 0.5) is 8.78 Å². The summed E-state index contributed by atoms with van der Waals surface area (Å²) in [7, 11) is 1.62. The van der Waals surface area contributed by atoms with Crippen molar-refractivity contribution in [2.24, 2.45) is 7.05 Å². The lowest BCUT2D eigenvalue weighted by atomic mass is 10.1. The zero-order chi connectivity index (χ0) is 11.7. The molecule has 2 rings (SSSR count). The summed E-state index contributed by atoms with van der Waals surface area (Å²) in [6.45, 7) is 0. The molecule has 3 nitrogen and oxygen atoms in total. The van der Waals surface area contributed by atoms with Crippen LogP contribution in [0.25, 0.3) is 0 Å². The van der Waals surface area contributed by atoms with Gasteiger partial charge in [0, 0.05) is 13.2 Å². The first-order valence-corrected chi connectivity index (χ1v) is 4.57. The molecule has 16 heavy (non-hydrogen) atoms. The van der Waals surface area contributed by atoms with Crippen molar-refractivity contribution in [2.45, 2.75) is 0 Å². The van der Waals surface area contributed by atoms with Crippen molar-refractivity contribution in [2.75, 3.05) is 0 Å². The number of rotatable bonds is 2. The average molecular weight is 222 g/mol. The topological polar surface area (TPSA) is 34.9 Å². The van der Waals surface area contributed by atoms with Gasteiger partial charge in [-0.3, -0.25) is 9.48 Å². The van der Waals surface area contributed by atoms with Crippen molar-refractivity contribution >= 4 is 5.78 Å². The highest BCUT2D eigenvalue weighted by atomic mass is 19.1. The second-order valence-electron chi connectivity index (χ2n) is 3.33. The number of halogens is 2. The highest BCUT2D eigenvalue weighted by Crippen LogP contribution is 2.16. The summed E-state index contributed by atoms with van der Waals surface area (Å²) in [6.07, 6.45) is 2.68. The van der Waals surface area contributed by atoms with E-state index in [1.807, 2.05) is 0 Å². The van der Waals surface area contributed by atoms with Gasteiger partial charge in [-0.2, -0.15) is 5.10 Å². The second-order valence-corrected chi connectivity index (χ2v) is 3.33. The molecule has 0 spiro atoms. The minimum atomic E-state index is -0.867. The summed E-state index contributed by atoms with van der Waals surface area (Å²) < 4.78 is 28.0. The molecule has 82 valence electrons. The first kappa shape index (κ1) is 10.5. The molecule has 0 atom stereocenters. The molecule has 0 fully saturated rings. The number of ketones is 1. The lowest BCUT2D eigenvalue weighted by molar-refractivity contribution is 0.103. The maximum Gasteiger partial charge on any atom is 0.202 e. The summed E-state index contributed by atoms with van der Waals surface area (Å²) in [5.74, 6) is -2.44. The van der Waals surface area contributed by atoms with Gasteiger partial charge >= 0.3 is 0 Å². The van der Waals surface area contributed by atoms with E-state index in [1.54, 1.807) is 7.05 Å². The van der Waals surface area contributed by atoms with Crippen LogP contribution in [-0.4, -0.2) is 15.6 Å². The zero-order valence-corrected chi connectivity index (χ0v) is 8.45. The predicted molar refractivity (Wildman–Crippen MR) is 53.0 cm³/mol. The van der Waals surface area contributed by atoms with E-state index in [4.69, 9.17) is 0 Å². The Hall–Kier alpha value is -2.04. The van der Waals surface area contributed by atoms with E-state index in [0.29, 0.717) is 0 Å². The molecular weight excluding hydrogens is 214 g/mol. The van der Waals surface area contributed by atoms with E-state index in [1.165, 1.54) is 23.1 Å². The van der Waals surface area contributed by atoms with Gasteiger partial charge in [0.15, 0.2) is 0 Å². The summed E-state index contributed by atoms with van der Waals surface area (Å²) in [5, 5.41) is 3.77. The van der Waals surface area contributed by atoms with Crippen molar-refractivity contribution in [3.8, 4) is 0 Å². The Labute approximate surface area is 90.3 Å². The van der Waals surface area contributed by atoms with Gasteiger partial charge in [-0.25, -0.2) is 8.78 Å². The fourth-order valence-corrected chi connectivity index (χ4v) is 1.40. The van der Waals surface area contributed by atoms with Crippen LogP contribution in [0.5, 0.6) is 0 Å². The highest BCUT2D eigenvalue weighted by Gasteiger charge is 2.19. The molecule has 0 N–H and O–H groups in total. The third-order valence-electron chi connectivity index (χ3n) is 2.16. The van der Waals surface area contributed by atoms with Crippen LogP contribution in [0.3, 0.4) is 0 Å². The molecule has 1 aromatic heterocycles. The van der Waals surface area contributed by atoms with Crippen molar-refractivity contribution in [3.05, 3.63) is 53.4 Å². The molecule has 1 aromatic carbocycles. The fourth-order valence-electron chi connectivity index (χ4n) is 1.40. The Morgan fingerprint density at radius 1 is 1.31 bits per heavy atom. The number of aryl methyl sites for hydroxylation is 1. The van der Waals surface area contributed by atoms with Crippen molar-refractivity contribution in [3.63, 3.8) is 0 Å². The molecular formula is C11H8F2N2O. The van der Waals surface area contributed by atoms with Crippen molar-refractivity contribution in [1.29, 1.82) is 0 Å². The van der Waals surface area contributed by atoms with Crippen LogP contribution in [0.1, 0.15) is 15.9 Å². The van der Waals surface area contributed by atoms with Gasteiger partial charge in [0.25, 0.3) is 0 Å². The minimum Gasteiger partial charge on any atom is -0.288 e. The number of hydrogen-bond acceptors (Lipinski definition) is 2. The number of carbonyl (C=O) groups is 1. The monoisotopic (exact) mass is 222 g/mol. The Bertz CT molecular complexity index is 528. The Morgan fingerprint density at radius 2 is 1.94 bits per heavy atom. The molecule has 5 heteroatoms. The summed E-state index contributed by atoms with van der Waals surface area (Å²) >= 11 is 0. The van der Waals surface area contributed by atoms with Crippen LogP contribution in [0.2, 0.25) is 0 Å². The van der Waals surface area contributed by atoms with Gasteiger partial charge in [-0.1, -0.05) is 6.07 Å². The Kier molecular flexibility index (Phi) is 2.52. The fraction of sp³-hybridized carbons (Fsp3) is 0.0909. The summed E-state index contributed by atoms with van der Waals surface area (Å²) in [6, 6.07) is 3.31. The first-order chi connectivity index (χ1) is 7.59. The van der Waals surface area contributed by atoms with Gasteiger partial charge in [0.2, 0.25) is 5.78 Å². The molecule has 0 aliphatic heterocycles. The van der Waals surface area contributed by atoms with E-state index in [0.717, 1.165) is 12.1 Å². The Morgan fingerprint density at radius 3 is 2.44 bits per heavy atom. The highest BCUT2D eigenvalue weighted by molar-refractivity contribution is 6.09. The van der Waals surface area contributed by atoms with E-state index >= 15 is 0 Å². The smallest absolute Gasteiger partial charge is 0.202 e. The van der Waals surface area contributed by atoms with Crippen molar-refractivity contribution in [1.82, 2.24) is 9.78 Å². The van der Waals surface area contributed by atoms with E-state index in [9.17, 15) is 13.6 Å². The number of nitrogens with zero attached hydrogens (tertiary/aromatic N) is 2. The molecule has 0 saturated heterocycles. The molecule has 0 aliphatic carbocycles. The third-order valence-corrected chi connectivity index (χ3v) is 2.16. The molecule has 2 aromatic rings. The van der Waals surface area contributed by atoms with E-state index in [2.05, 4.69) is 5.10 Å². The Balaban J connectivity index is 2.49. The number of hydrogen-bond donors (Lipinski definition) is 0. The zero-order valence-electron chi connectivity index (χ0n) is 8.45. The standard InChI is InChI=1S/C11H8F2N2O/c1-15-6-7(5-14-15)11(16)10-8(12)3-2-4-9(10)13/h2-6H,1H3. The maximum atomic E-state index is 13.3. The number of benzene rings is 1. The lowest BCUT2D eigenvalue weighted by Gasteiger charge is -2.01. The molecule has 0 aliphatic rings. The molecule has 0 bridgehead atoms. The molecule has 1 heterocycles. The SMILES string of the molecule is Cn1cc(C(=O)c2c(F)cccc2F)cn1. The third kappa shape index (κ3) is 1.71. The maximum absolute atomic E-state index is 13.3. The van der Waals surface area contributed by atoms with E-state index in [-0.39, 0.29) is 5.56 Å². The summed E-state index contributed by atoms with van der Waals surface area (Å²) in [4.78, 5) is 11.8. The molecule has 0 saturated carbocycles. The van der Waals surface area contributed by atoms with Gasteiger partial charge in [0.1, 0.15) is 11.6 Å². The van der Waals surface area contributed by atoms with Crippen LogP contribution >= 0.6 is 0 Å². The predicted octanol–water partition coefficient (Wildman–Crippen LogP) is 1.93.